The van der Waals surface area contributed by atoms with Gasteiger partial charge in [-0.05, 0) is 30.9 Å². The zero-order chi connectivity index (χ0) is 14.7. The lowest BCUT2D eigenvalue weighted by Gasteiger charge is -2.15. The van der Waals surface area contributed by atoms with Crippen LogP contribution in [0.4, 0.5) is 4.39 Å². The predicted octanol–water partition coefficient (Wildman–Crippen LogP) is 2.03. The fourth-order valence-electron chi connectivity index (χ4n) is 2.86. The summed E-state index contributed by atoms with van der Waals surface area (Å²) in [6.45, 7) is 1.63. The number of ether oxygens (including phenoxy) is 1. The van der Waals surface area contributed by atoms with E-state index in [1.54, 1.807) is 13.1 Å². The number of aliphatic imine (C=N–C) groups is 1. The minimum Gasteiger partial charge on any atom is -0.376 e. The Kier molecular flexibility index (Phi) is 4.39. The van der Waals surface area contributed by atoms with Crippen LogP contribution in [0.3, 0.4) is 0 Å². The molecule has 2 aliphatic rings. The van der Waals surface area contributed by atoms with Crippen molar-refractivity contribution in [2.24, 2.45) is 4.99 Å². The normalized spacial score (nSPS) is 28.5. The molecule has 1 saturated carbocycles. The van der Waals surface area contributed by atoms with Crippen LogP contribution in [-0.4, -0.2) is 38.3 Å². The number of nitrogens with zero attached hydrogens (tertiary/aromatic N) is 1. The summed E-state index contributed by atoms with van der Waals surface area (Å²) >= 11 is 0. The van der Waals surface area contributed by atoms with Gasteiger partial charge in [0.2, 0.25) is 0 Å². The second-order valence-electron chi connectivity index (χ2n) is 5.70. The van der Waals surface area contributed by atoms with Crippen LogP contribution in [0.1, 0.15) is 30.7 Å². The van der Waals surface area contributed by atoms with Gasteiger partial charge in [0.25, 0.3) is 0 Å². The Labute approximate surface area is 124 Å². The highest BCUT2D eigenvalue weighted by atomic mass is 19.1. The lowest BCUT2D eigenvalue weighted by atomic mass is 10.1. The predicted molar refractivity (Wildman–Crippen MR) is 81.0 cm³/mol. The number of nitrogens with one attached hydrogen (secondary N) is 2. The summed E-state index contributed by atoms with van der Waals surface area (Å²) in [5, 5.41) is 6.65. The van der Waals surface area contributed by atoms with Crippen molar-refractivity contribution in [1.29, 1.82) is 0 Å². The van der Waals surface area contributed by atoms with E-state index in [2.05, 4.69) is 15.6 Å². The molecule has 0 amide bonds. The largest absolute Gasteiger partial charge is 0.376 e. The smallest absolute Gasteiger partial charge is 0.191 e. The van der Waals surface area contributed by atoms with Gasteiger partial charge in [0.15, 0.2) is 5.96 Å². The van der Waals surface area contributed by atoms with Crippen LogP contribution in [0.2, 0.25) is 0 Å². The highest BCUT2D eigenvalue weighted by molar-refractivity contribution is 5.80. The number of halogens is 1. The van der Waals surface area contributed by atoms with Crippen LogP contribution in [0.15, 0.2) is 29.3 Å². The Morgan fingerprint density at radius 1 is 1.43 bits per heavy atom. The second-order valence-corrected chi connectivity index (χ2v) is 5.70. The molecule has 3 rings (SSSR count). The third-order valence-electron chi connectivity index (χ3n) is 4.16. The SMILES string of the molecule is CN=C(NCC1CCCO1)NC1CC1c1ccccc1F. The first-order valence-corrected chi connectivity index (χ1v) is 7.61. The van der Waals surface area contributed by atoms with Crippen molar-refractivity contribution >= 4 is 5.96 Å². The minimum absolute atomic E-state index is 0.117. The Hall–Kier alpha value is -1.62. The van der Waals surface area contributed by atoms with Gasteiger partial charge in [-0.25, -0.2) is 4.39 Å². The molecule has 3 atom stereocenters. The van der Waals surface area contributed by atoms with Crippen molar-refractivity contribution in [1.82, 2.24) is 10.6 Å². The average Bonchev–Trinajstić information content (AvgIpc) is 3.05. The summed E-state index contributed by atoms with van der Waals surface area (Å²) in [6.07, 6.45) is 3.47. The van der Waals surface area contributed by atoms with E-state index in [1.807, 2.05) is 12.1 Å². The molecular weight excluding hydrogens is 269 g/mol. The van der Waals surface area contributed by atoms with Gasteiger partial charge in [0.05, 0.1) is 6.10 Å². The number of hydrogen-bond donors (Lipinski definition) is 2. The molecule has 1 saturated heterocycles. The molecule has 1 heterocycles. The molecule has 21 heavy (non-hydrogen) atoms. The van der Waals surface area contributed by atoms with Gasteiger partial charge >= 0.3 is 0 Å². The van der Waals surface area contributed by atoms with Crippen LogP contribution >= 0.6 is 0 Å². The van der Waals surface area contributed by atoms with Gasteiger partial charge in [-0.2, -0.15) is 0 Å². The zero-order valence-corrected chi connectivity index (χ0v) is 12.3. The van der Waals surface area contributed by atoms with Crippen LogP contribution in [0.25, 0.3) is 0 Å². The third-order valence-corrected chi connectivity index (χ3v) is 4.16. The topological polar surface area (TPSA) is 45.7 Å². The molecule has 114 valence electrons. The molecule has 0 aromatic heterocycles. The van der Waals surface area contributed by atoms with E-state index in [0.717, 1.165) is 43.9 Å². The van der Waals surface area contributed by atoms with Crippen molar-refractivity contribution in [3.8, 4) is 0 Å². The van der Waals surface area contributed by atoms with Crippen LogP contribution < -0.4 is 10.6 Å². The maximum absolute atomic E-state index is 13.7. The van der Waals surface area contributed by atoms with Crippen LogP contribution in [-0.2, 0) is 4.74 Å². The molecule has 0 bridgehead atoms. The molecule has 1 aliphatic heterocycles. The van der Waals surface area contributed by atoms with Gasteiger partial charge in [0, 0.05) is 32.2 Å². The molecular formula is C16H22FN3O. The fourth-order valence-corrected chi connectivity index (χ4v) is 2.86. The molecule has 2 fully saturated rings. The fraction of sp³-hybridized carbons (Fsp3) is 0.562. The van der Waals surface area contributed by atoms with Crippen LogP contribution in [0.5, 0.6) is 0 Å². The van der Waals surface area contributed by atoms with E-state index >= 15 is 0 Å². The van der Waals surface area contributed by atoms with E-state index in [4.69, 9.17) is 4.74 Å². The van der Waals surface area contributed by atoms with Gasteiger partial charge in [-0.1, -0.05) is 18.2 Å². The van der Waals surface area contributed by atoms with Crippen molar-refractivity contribution in [3.63, 3.8) is 0 Å². The standard InChI is InChI=1S/C16H22FN3O/c1-18-16(19-10-11-5-4-8-21-11)20-15-9-13(15)12-6-2-3-7-14(12)17/h2-3,6-7,11,13,15H,4-5,8-10H2,1H3,(H2,18,19,20). The van der Waals surface area contributed by atoms with E-state index in [0.29, 0.717) is 0 Å². The van der Waals surface area contributed by atoms with Gasteiger partial charge in [-0.3, -0.25) is 4.99 Å². The zero-order valence-electron chi connectivity index (χ0n) is 12.3. The average molecular weight is 291 g/mol. The van der Waals surface area contributed by atoms with E-state index in [9.17, 15) is 4.39 Å². The molecule has 2 N–H and O–H groups in total. The van der Waals surface area contributed by atoms with Crippen molar-refractivity contribution in [2.75, 3.05) is 20.2 Å². The summed E-state index contributed by atoms with van der Waals surface area (Å²) in [4.78, 5) is 4.22. The molecule has 1 aromatic carbocycles. The summed E-state index contributed by atoms with van der Waals surface area (Å²) in [7, 11) is 1.76. The van der Waals surface area contributed by atoms with Gasteiger partial charge in [0.1, 0.15) is 5.82 Å². The number of rotatable bonds is 4. The van der Waals surface area contributed by atoms with Gasteiger partial charge in [-0.15, -0.1) is 0 Å². The first kappa shape index (κ1) is 14.3. The van der Waals surface area contributed by atoms with Crippen molar-refractivity contribution < 1.29 is 9.13 Å². The van der Waals surface area contributed by atoms with E-state index < -0.39 is 0 Å². The number of benzene rings is 1. The molecule has 1 aromatic rings. The third kappa shape index (κ3) is 3.53. The highest BCUT2D eigenvalue weighted by Crippen LogP contribution is 2.41. The molecule has 5 heteroatoms. The van der Waals surface area contributed by atoms with Crippen LogP contribution in [0, 0.1) is 5.82 Å². The van der Waals surface area contributed by atoms with Crippen molar-refractivity contribution in [3.05, 3.63) is 35.6 Å². The van der Waals surface area contributed by atoms with E-state index in [-0.39, 0.29) is 23.9 Å². The first-order valence-electron chi connectivity index (χ1n) is 7.61. The summed E-state index contributed by atoms with van der Waals surface area (Å²) in [6, 6.07) is 7.27. The Morgan fingerprint density at radius 2 is 2.29 bits per heavy atom. The van der Waals surface area contributed by atoms with E-state index in [1.165, 1.54) is 6.07 Å². The summed E-state index contributed by atoms with van der Waals surface area (Å²) < 4.78 is 19.3. The Bertz CT molecular complexity index is 514. The number of hydrogen-bond acceptors (Lipinski definition) is 2. The molecule has 4 nitrogen and oxygen atoms in total. The monoisotopic (exact) mass is 291 g/mol. The Morgan fingerprint density at radius 3 is 3.00 bits per heavy atom. The number of guanidine groups is 1. The Balaban J connectivity index is 1.49. The summed E-state index contributed by atoms with van der Waals surface area (Å²) in [5.74, 6) is 0.899. The summed E-state index contributed by atoms with van der Waals surface area (Å²) in [5.41, 5.74) is 0.796. The lowest BCUT2D eigenvalue weighted by molar-refractivity contribution is 0.114. The molecule has 3 unspecified atom stereocenters. The molecule has 0 spiro atoms. The maximum atomic E-state index is 13.7. The van der Waals surface area contributed by atoms with Gasteiger partial charge < -0.3 is 15.4 Å². The highest BCUT2D eigenvalue weighted by Gasteiger charge is 2.40. The lowest BCUT2D eigenvalue weighted by Crippen LogP contribution is -2.42. The second kappa shape index (κ2) is 6.43. The van der Waals surface area contributed by atoms with Crippen molar-refractivity contribution in [2.45, 2.75) is 37.3 Å². The molecule has 0 radical (unpaired) electrons. The first-order chi connectivity index (χ1) is 10.3. The maximum Gasteiger partial charge on any atom is 0.191 e. The minimum atomic E-state index is -0.117. The quantitative estimate of drug-likeness (QED) is 0.659. The molecule has 1 aliphatic carbocycles.